The molecule has 138 valence electrons. The summed E-state index contributed by atoms with van der Waals surface area (Å²) >= 11 is 0. The number of hydrogen-bond donors (Lipinski definition) is 0. The highest BCUT2D eigenvalue weighted by molar-refractivity contribution is 5.81. The Bertz CT molecular complexity index is 634. The SMILES string of the molecule is COc1cccc(N2CCN(C(=O)[C@H]3CC(C)(C)OC3(C)C)CC2)c1. The molecule has 0 aromatic heterocycles. The quantitative estimate of drug-likeness (QED) is 0.844. The van der Waals surface area contributed by atoms with E-state index in [0.29, 0.717) is 0 Å². The highest BCUT2D eigenvalue weighted by Crippen LogP contribution is 2.42. The minimum atomic E-state index is -0.398. The van der Waals surface area contributed by atoms with E-state index in [1.165, 1.54) is 0 Å². The molecule has 0 bridgehead atoms. The Morgan fingerprint density at radius 3 is 2.40 bits per heavy atom. The van der Waals surface area contributed by atoms with E-state index in [1.54, 1.807) is 7.11 Å². The van der Waals surface area contributed by atoms with E-state index in [9.17, 15) is 4.79 Å². The van der Waals surface area contributed by atoms with Crippen molar-refractivity contribution in [1.29, 1.82) is 0 Å². The number of amides is 1. The van der Waals surface area contributed by atoms with Gasteiger partial charge in [-0.1, -0.05) is 6.07 Å². The summed E-state index contributed by atoms with van der Waals surface area (Å²) in [6.07, 6.45) is 0.787. The average Bonchev–Trinajstić information content (AvgIpc) is 2.81. The van der Waals surface area contributed by atoms with Crippen molar-refractivity contribution < 1.29 is 14.3 Å². The van der Waals surface area contributed by atoms with Crippen LogP contribution in [-0.4, -0.2) is 55.3 Å². The maximum Gasteiger partial charge on any atom is 0.228 e. The van der Waals surface area contributed by atoms with Crippen LogP contribution in [0.15, 0.2) is 24.3 Å². The Morgan fingerprint density at radius 2 is 1.84 bits per heavy atom. The molecule has 2 saturated heterocycles. The minimum absolute atomic E-state index is 0.0640. The van der Waals surface area contributed by atoms with Crippen LogP contribution in [0, 0.1) is 5.92 Å². The van der Waals surface area contributed by atoms with Gasteiger partial charge in [-0.2, -0.15) is 0 Å². The predicted octanol–water partition coefficient (Wildman–Crippen LogP) is 2.94. The second-order valence-electron chi connectivity index (χ2n) is 8.24. The number of methoxy groups -OCH3 is 1. The fraction of sp³-hybridized carbons (Fsp3) is 0.650. The summed E-state index contributed by atoms with van der Waals surface area (Å²) in [7, 11) is 1.68. The number of ether oxygens (including phenoxy) is 2. The lowest BCUT2D eigenvalue weighted by molar-refractivity contribution is -0.142. The Kier molecular flexibility index (Phi) is 4.71. The maximum absolute atomic E-state index is 13.1. The first kappa shape index (κ1) is 18.1. The molecule has 0 saturated carbocycles. The summed E-state index contributed by atoms with van der Waals surface area (Å²) in [4.78, 5) is 17.4. The lowest BCUT2D eigenvalue weighted by atomic mass is 9.86. The third-order valence-corrected chi connectivity index (χ3v) is 5.38. The van der Waals surface area contributed by atoms with E-state index < -0.39 is 5.60 Å². The molecule has 0 radical (unpaired) electrons. The second kappa shape index (κ2) is 6.52. The first-order chi connectivity index (χ1) is 11.7. The van der Waals surface area contributed by atoms with Gasteiger partial charge in [-0.25, -0.2) is 0 Å². The largest absolute Gasteiger partial charge is 0.497 e. The van der Waals surface area contributed by atoms with E-state index in [1.807, 2.05) is 36.9 Å². The van der Waals surface area contributed by atoms with Crippen LogP contribution in [0.4, 0.5) is 5.69 Å². The molecule has 0 spiro atoms. The smallest absolute Gasteiger partial charge is 0.228 e. The standard InChI is InChI=1S/C20H30N2O3/c1-19(2)14-17(20(3,4)25-19)18(23)22-11-9-21(10-12-22)15-7-6-8-16(13-15)24-5/h6-8,13,17H,9-12,14H2,1-5H3/t17-/m1/s1. The highest BCUT2D eigenvalue weighted by Gasteiger charge is 2.50. The van der Waals surface area contributed by atoms with E-state index in [2.05, 4.69) is 24.8 Å². The van der Waals surface area contributed by atoms with Crippen molar-refractivity contribution in [1.82, 2.24) is 4.90 Å². The maximum atomic E-state index is 13.1. The van der Waals surface area contributed by atoms with Crippen LogP contribution in [0.5, 0.6) is 5.75 Å². The van der Waals surface area contributed by atoms with Crippen LogP contribution in [0.3, 0.4) is 0 Å². The predicted molar refractivity (Wildman–Crippen MR) is 99.1 cm³/mol. The van der Waals surface area contributed by atoms with Gasteiger partial charge in [-0.3, -0.25) is 4.79 Å². The Hall–Kier alpha value is -1.75. The Morgan fingerprint density at radius 1 is 1.16 bits per heavy atom. The monoisotopic (exact) mass is 346 g/mol. The third kappa shape index (κ3) is 3.76. The fourth-order valence-corrected chi connectivity index (χ4v) is 4.16. The van der Waals surface area contributed by atoms with Crippen LogP contribution in [-0.2, 0) is 9.53 Å². The number of anilines is 1. The minimum Gasteiger partial charge on any atom is -0.497 e. The molecule has 2 aliphatic heterocycles. The number of carbonyl (C=O) groups excluding carboxylic acids is 1. The van der Waals surface area contributed by atoms with Crippen molar-refractivity contribution in [2.24, 2.45) is 5.92 Å². The fourth-order valence-electron chi connectivity index (χ4n) is 4.16. The van der Waals surface area contributed by atoms with Crippen molar-refractivity contribution in [2.45, 2.75) is 45.3 Å². The van der Waals surface area contributed by atoms with Crippen molar-refractivity contribution in [3.63, 3.8) is 0 Å². The summed E-state index contributed by atoms with van der Waals surface area (Å²) in [5.74, 6) is 1.04. The molecule has 0 N–H and O–H groups in total. The molecule has 0 aliphatic carbocycles. The second-order valence-corrected chi connectivity index (χ2v) is 8.24. The van der Waals surface area contributed by atoms with Crippen molar-refractivity contribution in [3.8, 4) is 5.75 Å². The summed E-state index contributed by atoms with van der Waals surface area (Å²) in [5, 5.41) is 0. The highest BCUT2D eigenvalue weighted by atomic mass is 16.5. The number of hydrogen-bond acceptors (Lipinski definition) is 4. The van der Waals surface area contributed by atoms with Gasteiger partial charge >= 0.3 is 0 Å². The van der Waals surface area contributed by atoms with Crippen LogP contribution in [0.25, 0.3) is 0 Å². The van der Waals surface area contributed by atoms with Gasteiger partial charge in [0, 0.05) is 37.9 Å². The number of rotatable bonds is 3. The summed E-state index contributed by atoms with van der Waals surface area (Å²) in [6.45, 7) is 11.4. The molecular formula is C20H30N2O3. The third-order valence-electron chi connectivity index (χ3n) is 5.38. The first-order valence-corrected chi connectivity index (χ1v) is 9.10. The lowest BCUT2D eigenvalue weighted by Gasteiger charge is -2.38. The van der Waals surface area contributed by atoms with Crippen molar-refractivity contribution in [2.75, 3.05) is 38.2 Å². The molecular weight excluding hydrogens is 316 g/mol. The molecule has 2 fully saturated rings. The summed E-state index contributed by atoms with van der Waals surface area (Å²) in [6, 6.07) is 8.10. The van der Waals surface area contributed by atoms with Gasteiger partial charge in [-0.15, -0.1) is 0 Å². The van der Waals surface area contributed by atoms with Crippen molar-refractivity contribution in [3.05, 3.63) is 24.3 Å². The van der Waals surface area contributed by atoms with Crippen LogP contribution in [0.2, 0.25) is 0 Å². The van der Waals surface area contributed by atoms with Gasteiger partial charge in [0.2, 0.25) is 5.91 Å². The van der Waals surface area contributed by atoms with E-state index in [-0.39, 0.29) is 17.4 Å². The van der Waals surface area contributed by atoms with Crippen LogP contribution >= 0.6 is 0 Å². The van der Waals surface area contributed by atoms with E-state index in [4.69, 9.17) is 9.47 Å². The molecule has 1 aromatic carbocycles. The van der Waals surface area contributed by atoms with Crippen LogP contribution in [0.1, 0.15) is 34.1 Å². The molecule has 5 heteroatoms. The van der Waals surface area contributed by atoms with E-state index in [0.717, 1.165) is 44.0 Å². The van der Waals surface area contributed by atoms with Crippen molar-refractivity contribution >= 4 is 11.6 Å². The first-order valence-electron chi connectivity index (χ1n) is 9.10. The molecule has 1 atom stereocenters. The summed E-state index contributed by atoms with van der Waals surface area (Å²) in [5.41, 5.74) is 0.522. The number of benzene rings is 1. The molecule has 3 rings (SSSR count). The normalized spacial score (nSPS) is 25.1. The van der Waals surface area contributed by atoms with Gasteiger partial charge in [0.05, 0.1) is 24.2 Å². The topological polar surface area (TPSA) is 42.0 Å². The zero-order valence-corrected chi connectivity index (χ0v) is 16.0. The van der Waals surface area contributed by atoms with Crippen LogP contribution < -0.4 is 9.64 Å². The molecule has 5 nitrogen and oxygen atoms in total. The summed E-state index contributed by atoms with van der Waals surface area (Å²) < 4.78 is 11.4. The zero-order valence-electron chi connectivity index (χ0n) is 16.0. The molecule has 1 amide bonds. The van der Waals surface area contributed by atoms with E-state index >= 15 is 0 Å². The number of piperazine rings is 1. The van der Waals surface area contributed by atoms with Gasteiger partial charge in [0.15, 0.2) is 0 Å². The van der Waals surface area contributed by atoms with Gasteiger partial charge in [0.1, 0.15) is 5.75 Å². The van der Waals surface area contributed by atoms with Gasteiger partial charge < -0.3 is 19.3 Å². The molecule has 2 aliphatic rings. The number of nitrogens with zero attached hydrogens (tertiary/aromatic N) is 2. The average molecular weight is 346 g/mol. The van der Waals surface area contributed by atoms with Gasteiger partial charge in [-0.05, 0) is 46.2 Å². The molecule has 25 heavy (non-hydrogen) atoms. The lowest BCUT2D eigenvalue weighted by Crippen LogP contribution is -2.52. The Balaban J connectivity index is 1.63. The molecule has 2 heterocycles. The zero-order chi connectivity index (χ0) is 18.2. The number of carbonyl (C=O) groups is 1. The molecule has 0 unspecified atom stereocenters. The molecule has 1 aromatic rings. The Labute approximate surface area is 150 Å². The van der Waals surface area contributed by atoms with Gasteiger partial charge in [0.25, 0.3) is 0 Å².